The highest BCUT2D eigenvalue weighted by atomic mass is 32.3. The van der Waals surface area contributed by atoms with Gasteiger partial charge in [-0.2, -0.15) is 8.42 Å². The summed E-state index contributed by atoms with van der Waals surface area (Å²) in [5.41, 5.74) is 0. The maximum absolute atomic E-state index is 14.1. The van der Waals surface area contributed by atoms with Crippen LogP contribution in [0.4, 0.5) is 0 Å². The Balaban J connectivity index is 2.01. The Morgan fingerprint density at radius 3 is 1.28 bits per heavy atom. The average molecular weight is 1200 g/mol. The van der Waals surface area contributed by atoms with Crippen molar-refractivity contribution in [3.63, 3.8) is 0 Å². The molecule has 82 heavy (non-hydrogen) atoms. The third-order valence-electron chi connectivity index (χ3n) is 17.2. The summed E-state index contributed by atoms with van der Waals surface area (Å²) in [5.74, 6) is -0.638. The molecular weight excluding hydrogens is 1070 g/mol. The average Bonchev–Trinajstić information content (AvgIpc) is 3.50. The zero-order valence-electron chi connectivity index (χ0n) is 52.6. The molecule has 2 rings (SSSR count). The van der Waals surface area contributed by atoms with E-state index >= 15 is 0 Å². The van der Waals surface area contributed by atoms with E-state index in [4.69, 9.17) is 23.7 Å². The number of hydrogen-bond acceptors (Lipinski definition) is 16. The fourth-order valence-electron chi connectivity index (χ4n) is 12.6. The van der Waals surface area contributed by atoms with E-state index in [1.165, 1.54) is 141 Å². The quantitative estimate of drug-likeness (QED) is 0.0170. The minimum absolute atomic E-state index is 0.0258. The Morgan fingerprint density at radius 2 is 0.854 bits per heavy atom. The van der Waals surface area contributed by atoms with Gasteiger partial charge in [-0.25, -0.2) is 4.18 Å². The molecule has 0 radical (unpaired) electrons. The van der Waals surface area contributed by atoms with Gasteiger partial charge in [0.05, 0.1) is 25.2 Å². The second kappa shape index (κ2) is 44.8. The van der Waals surface area contributed by atoms with Crippen LogP contribution in [0.5, 0.6) is 0 Å². The van der Waals surface area contributed by atoms with Crippen LogP contribution in [0.25, 0.3) is 0 Å². The summed E-state index contributed by atoms with van der Waals surface area (Å²) < 4.78 is 67.4. The van der Waals surface area contributed by atoms with Crippen LogP contribution in [-0.2, 0) is 47.9 Å². The minimum Gasteiger partial charge on any atom is -0.455 e. The van der Waals surface area contributed by atoms with Gasteiger partial charge in [-0.1, -0.05) is 229 Å². The molecule has 7 N–H and O–H groups in total. The number of aliphatic hydroxyl groups is 6. The minimum atomic E-state index is -5.33. The summed E-state index contributed by atoms with van der Waals surface area (Å²) in [6.45, 7) is 15.5. The monoisotopic (exact) mass is 1190 g/mol. The molecular formula is C64H122O17S. The first kappa shape index (κ1) is 76.5. The van der Waals surface area contributed by atoms with Crippen molar-refractivity contribution >= 4 is 22.3 Å². The summed E-state index contributed by atoms with van der Waals surface area (Å²) >= 11 is 0. The molecule has 17 atom stereocenters. The lowest BCUT2D eigenvalue weighted by molar-refractivity contribution is -0.374. The van der Waals surface area contributed by atoms with Gasteiger partial charge in [-0.3, -0.25) is 14.1 Å². The number of rotatable bonds is 50. The topological polar surface area (TPSA) is 265 Å². The van der Waals surface area contributed by atoms with Crippen LogP contribution >= 0.6 is 0 Å². The molecule has 2 saturated heterocycles. The molecule has 0 amide bonds. The van der Waals surface area contributed by atoms with Gasteiger partial charge in [0.1, 0.15) is 30.5 Å². The molecule has 0 aromatic carbocycles. The van der Waals surface area contributed by atoms with E-state index in [1.807, 2.05) is 0 Å². The molecule has 17 nitrogen and oxygen atoms in total. The highest BCUT2D eigenvalue weighted by Crippen LogP contribution is 2.35. The van der Waals surface area contributed by atoms with Gasteiger partial charge in [0.25, 0.3) is 0 Å². The highest BCUT2D eigenvalue weighted by molar-refractivity contribution is 7.80. The second-order valence-corrected chi connectivity index (χ2v) is 26.7. The summed E-state index contributed by atoms with van der Waals surface area (Å²) in [4.78, 5) is 27.7. The van der Waals surface area contributed by atoms with Crippen LogP contribution in [0, 0.1) is 35.5 Å². The summed E-state index contributed by atoms with van der Waals surface area (Å²) in [6, 6.07) is 0. The summed E-state index contributed by atoms with van der Waals surface area (Å²) in [7, 11) is -5.33. The molecule has 0 aliphatic carbocycles. The number of unbranched alkanes of at least 4 members (excludes halogenated alkanes) is 26. The number of esters is 2. The van der Waals surface area contributed by atoms with Gasteiger partial charge in [-0.15, -0.1) is 0 Å². The fraction of sp³-hybridized carbons (Fsp3) is 0.969. The van der Waals surface area contributed by atoms with E-state index in [0.717, 1.165) is 64.2 Å². The number of carbonyl (C=O) groups excluding carboxylic acids is 2. The van der Waals surface area contributed by atoms with Gasteiger partial charge in [-0.05, 0) is 74.5 Å². The van der Waals surface area contributed by atoms with Crippen molar-refractivity contribution in [2.75, 3.05) is 13.2 Å². The Bertz CT molecular complexity index is 1710. The van der Waals surface area contributed by atoms with E-state index in [2.05, 4.69) is 52.6 Å². The van der Waals surface area contributed by atoms with Crippen molar-refractivity contribution in [1.82, 2.24) is 0 Å². The van der Waals surface area contributed by atoms with Gasteiger partial charge < -0.3 is 54.3 Å². The SMILES string of the molecule is CCCCCCCCCCCCCCCCCC(=O)O[C@@H]1[C@@H](O)[C@H](CO)O[C@@H](O[C@H]2O[C@H](CO)[C@@H](O)[C@H](O)[C@H]2OS(=O)(=O)O)[C@H]1OC(=O)[C@H](C)C[C@H](C)C[C@H](C)C[C@H](C)C[C@H](C)C[C@H](C)[C@H](O)CCCCCCCCCCCCCCC. The van der Waals surface area contributed by atoms with Crippen LogP contribution in [-0.4, -0.2) is 136 Å². The maximum atomic E-state index is 14.1. The Labute approximate surface area is 497 Å². The molecule has 0 saturated carbocycles. The summed E-state index contributed by atoms with van der Waals surface area (Å²) in [6.07, 6.45) is 20.5. The van der Waals surface area contributed by atoms with E-state index in [-0.39, 0.29) is 24.4 Å². The van der Waals surface area contributed by atoms with Crippen LogP contribution in [0.1, 0.15) is 280 Å². The third kappa shape index (κ3) is 33.0. The van der Waals surface area contributed by atoms with Crippen molar-refractivity contribution in [1.29, 1.82) is 0 Å². The van der Waals surface area contributed by atoms with E-state index in [0.29, 0.717) is 30.6 Å². The molecule has 2 aliphatic heterocycles. The summed E-state index contributed by atoms with van der Waals surface area (Å²) in [5, 5.41) is 64.3. The molecule has 0 spiro atoms. The number of hydrogen-bond donors (Lipinski definition) is 7. The highest BCUT2D eigenvalue weighted by Gasteiger charge is 2.55. The molecule has 0 aromatic heterocycles. The van der Waals surface area contributed by atoms with Gasteiger partial charge in [0.2, 0.25) is 6.29 Å². The van der Waals surface area contributed by atoms with Gasteiger partial charge in [0.15, 0.2) is 24.6 Å². The first-order chi connectivity index (χ1) is 39.1. The molecule has 0 unspecified atom stereocenters. The van der Waals surface area contributed by atoms with Crippen LogP contribution in [0.3, 0.4) is 0 Å². The Kier molecular flexibility index (Phi) is 41.8. The Hall–Kier alpha value is -1.55. The van der Waals surface area contributed by atoms with Crippen molar-refractivity contribution in [2.45, 2.75) is 348 Å². The molecule has 2 heterocycles. The van der Waals surface area contributed by atoms with Crippen LogP contribution in [0.15, 0.2) is 0 Å². The molecule has 486 valence electrons. The standard InChI is InChI=1S/C64H122O17S/c1-9-11-13-15-17-19-21-23-24-26-28-30-32-34-36-38-55(68)78-59-57(70)54(45-66)77-64(80-63-60(81-82(73,74)75)58(71)56(69)53(44-65)76-63)61(59)79-62(72)51(8)43-49(6)41-47(4)39-46(3)40-48(5)42-50(7)52(67)37-35-33-31-29-27-25-22-20-18-16-14-12-10-2/h46-54,56-61,63-67,69-71H,9-45H2,1-8H3,(H,73,74,75)/t46-,47+,48-,49+,50-,51+,52+,53+,54-,56+,57-,58-,59+,60+,61-,63+,64-/m0/s1. The maximum Gasteiger partial charge on any atom is 0.397 e. The van der Waals surface area contributed by atoms with E-state index < -0.39 is 103 Å². The lowest BCUT2D eigenvalue weighted by Gasteiger charge is -2.46. The first-order valence-electron chi connectivity index (χ1n) is 33.1. The zero-order valence-corrected chi connectivity index (χ0v) is 53.4. The van der Waals surface area contributed by atoms with Crippen molar-refractivity contribution < 1.29 is 81.1 Å². The number of carbonyl (C=O) groups is 2. The van der Waals surface area contributed by atoms with Crippen LogP contribution < -0.4 is 0 Å². The number of aliphatic hydroxyl groups excluding tert-OH is 6. The first-order valence-corrected chi connectivity index (χ1v) is 34.5. The second-order valence-electron chi connectivity index (χ2n) is 25.7. The van der Waals surface area contributed by atoms with E-state index in [1.54, 1.807) is 6.92 Å². The zero-order chi connectivity index (χ0) is 60.9. The van der Waals surface area contributed by atoms with Crippen molar-refractivity contribution in [2.24, 2.45) is 35.5 Å². The van der Waals surface area contributed by atoms with Crippen molar-refractivity contribution in [3.05, 3.63) is 0 Å². The van der Waals surface area contributed by atoms with Gasteiger partial charge in [0, 0.05) is 6.42 Å². The van der Waals surface area contributed by atoms with Crippen LogP contribution in [0.2, 0.25) is 0 Å². The molecule has 0 bridgehead atoms. The molecule has 0 aromatic rings. The third-order valence-corrected chi connectivity index (χ3v) is 17.7. The Morgan fingerprint density at radius 1 is 0.476 bits per heavy atom. The smallest absolute Gasteiger partial charge is 0.397 e. The molecule has 18 heteroatoms. The molecule has 2 aliphatic rings. The largest absolute Gasteiger partial charge is 0.455 e. The van der Waals surface area contributed by atoms with Gasteiger partial charge >= 0.3 is 22.3 Å². The lowest BCUT2D eigenvalue weighted by atomic mass is 9.81. The predicted octanol–water partition coefficient (Wildman–Crippen LogP) is 12.4. The van der Waals surface area contributed by atoms with Crippen molar-refractivity contribution in [3.8, 4) is 0 Å². The lowest BCUT2D eigenvalue weighted by Crippen LogP contribution is -2.65. The number of ether oxygens (including phenoxy) is 5. The predicted molar refractivity (Wildman–Crippen MR) is 321 cm³/mol. The van der Waals surface area contributed by atoms with E-state index in [9.17, 15) is 53.2 Å². The normalized spacial score (nSPS) is 25.9. The fourth-order valence-corrected chi connectivity index (χ4v) is 13.1. The molecule has 2 fully saturated rings.